The van der Waals surface area contributed by atoms with Crippen molar-refractivity contribution >= 4 is 35.5 Å². The fourth-order valence-corrected chi connectivity index (χ4v) is 8.59. The Bertz CT molecular complexity index is 1850. The number of para-hydroxylation sites is 1. The summed E-state index contributed by atoms with van der Waals surface area (Å²) in [5.41, 5.74) is 7.21. The first-order valence-corrected chi connectivity index (χ1v) is 16.5. The molecule has 2 aliphatic heterocycles. The summed E-state index contributed by atoms with van der Waals surface area (Å²) in [6.07, 6.45) is 9.76. The zero-order valence-corrected chi connectivity index (χ0v) is 25.7. The number of nitrogens with zero attached hydrogens (tertiary/aromatic N) is 1. The standard InChI is InChI=1S/C38H35NO3P/c1-38(2)33-19-10-11-20-34(33)39(3)36(38)24-22-27-13-12-14-29-25-28-21-23-30(26-35(28)41-37(27)29)42-43(40,31-15-6-4-7-16-31)32-17-8-5-9-18-32/h4-11,15-26H,12-14H2,1-3H3/q+1/b24-22+. The van der Waals surface area contributed by atoms with Crippen molar-refractivity contribution in [2.24, 2.45) is 0 Å². The first kappa shape index (κ1) is 27.4. The number of hydrogen-bond donors (Lipinski definition) is 0. The van der Waals surface area contributed by atoms with Crippen LogP contribution in [0.5, 0.6) is 11.5 Å². The maximum atomic E-state index is 14.5. The minimum absolute atomic E-state index is 0.0852. The molecule has 0 spiro atoms. The average molecular weight is 585 g/mol. The largest absolute Gasteiger partial charge is 0.456 e. The van der Waals surface area contributed by atoms with Gasteiger partial charge < -0.3 is 9.26 Å². The van der Waals surface area contributed by atoms with Crippen molar-refractivity contribution in [2.45, 2.75) is 38.5 Å². The predicted octanol–water partition coefficient (Wildman–Crippen LogP) is 8.47. The van der Waals surface area contributed by atoms with Crippen molar-refractivity contribution in [3.05, 3.63) is 143 Å². The number of allylic oxidation sites excluding steroid dienone is 4. The van der Waals surface area contributed by atoms with Gasteiger partial charge in [-0.1, -0.05) is 54.6 Å². The van der Waals surface area contributed by atoms with Crippen molar-refractivity contribution in [2.75, 3.05) is 7.05 Å². The lowest BCUT2D eigenvalue weighted by atomic mass is 9.81. The summed E-state index contributed by atoms with van der Waals surface area (Å²) < 4.78 is 29.8. The molecule has 4 aromatic rings. The van der Waals surface area contributed by atoms with Crippen molar-refractivity contribution in [3.8, 4) is 11.5 Å². The molecule has 0 bridgehead atoms. The smallest absolute Gasteiger partial charge is 0.306 e. The van der Waals surface area contributed by atoms with Crippen LogP contribution in [0.25, 0.3) is 6.08 Å². The van der Waals surface area contributed by atoms with Crippen LogP contribution in [0.2, 0.25) is 0 Å². The van der Waals surface area contributed by atoms with E-state index in [-0.39, 0.29) is 5.41 Å². The van der Waals surface area contributed by atoms with Crippen LogP contribution >= 0.6 is 7.37 Å². The third kappa shape index (κ3) is 4.80. The summed E-state index contributed by atoms with van der Waals surface area (Å²) in [5.74, 6) is 2.16. The Morgan fingerprint density at radius 2 is 1.51 bits per heavy atom. The Balaban J connectivity index is 1.22. The number of rotatable bonds is 6. The second-order valence-corrected chi connectivity index (χ2v) is 14.2. The van der Waals surface area contributed by atoms with E-state index in [0.29, 0.717) is 16.4 Å². The number of benzene rings is 4. The quantitative estimate of drug-likeness (QED) is 0.169. The SMILES string of the molecule is C[N+]1=C(/C=C/C2=C3Oc4cc(OP(=O)(c5ccccc5)c5ccccc5)ccc4C=C3CCC2)C(C)(C)c2ccccc21. The Morgan fingerprint density at radius 1 is 0.837 bits per heavy atom. The van der Waals surface area contributed by atoms with Crippen LogP contribution < -0.4 is 19.9 Å². The molecule has 3 aliphatic rings. The average Bonchev–Trinajstić information content (AvgIpc) is 3.23. The monoisotopic (exact) mass is 584 g/mol. The lowest BCUT2D eigenvalue weighted by Crippen LogP contribution is -2.26. The minimum Gasteiger partial charge on any atom is -0.456 e. The van der Waals surface area contributed by atoms with Gasteiger partial charge in [-0.3, -0.25) is 4.57 Å². The second-order valence-electron chi connectivity index (χ2n) is 11.9. The Hall–Kier alpha value is -4.40. The molecule has 4 nitrogen and oxygen atoms in total. The van der Waals surface area contributed by atoms with E-state index in [1.165, 1.54) is 28.1 Å². The highest BCUT2D eigenvalue weighted by atomic mass is 31.2. The summed E-state index contributed by atoms with van der Waals surface area (Å²) in [4.78, 5) is 0. The molecule has 0 N–H and O–H groups in total. The van der Waals surface area contributed by atoms with Crippen molar-refractivity contribution in [1.29, 1.82) is 0 Å². The van der Waals surface area contributed by atoms with Gasteiger partial charge in [0.1, 0.15) is 24.3 Å². The molecule has 0 saturated carbocycles. The summed E-state index contributed by atoms with van der Waals surface area (Å²) >= 11 is 0. The molecule has 0 fully saturated rings. The van der Waals surface area contributed by atoms with Gasteiger partial charge in [0.25, 0.3) is 0 Å². The summed E-state index contributed by atoms with van der Waals surface area (Å²) in [5, 5.41) is 1.31. The molecule has 7 rings (SSSR count). The lowest BCUT2D eigenvalue weighted by Gasteiger charge is -2.27. The molecule has 0 saturated heterocycles. The van der Waals surface area contributed by atoms with Crippen molar-refractivity contribution in [3.63, 3.8) is 0 Å². The number of hydrogen-bond acceptors (Lipinski definition) is 3. The van der Waals surface area contributed by atoms with Crippen molar-refractivity contribution in [1.82, 2.24) is 0 Å². The van der Waals surface area contributed by atoms with Gasteiger partial charge in [-0.05, 0) is 92.8 Å². The van der Waals surface area contributed by atoms with Gasteiger partial charge in [0.05, 0.1) is 16.0 Å². The fourth-order valence-electron chi connectivity index (χ4n) is 6.54. The Kier molecular flexibility index (Phi) is 6.83. The van der Waals surface area contributed by atoms with Crippen LogP contribution in [0.4, 0.5) is 5.69 Å². The zero-order chi connectivity index (χ0) is 29.6. The van der Waals surface area contributed by atoms with Crippen LogP contribution in [-0.4, -0.2) is 17.3 Å². The van der Waals surface area contributed by atoms with Gasteiger partial charge in [0, 0.05) is 29.3 Å². The summed E-state index contributed by atoms with van der Waals surface area (Å²) in [6, 6.07) is 33.3. The molecule has 0 amide bonds. The van der Waals surface area contributed by atoms with E-state index < -0.39 is 7.37 Å². The number of fused-ring (bicyclic) bond motifs is 3. The third-order valence-electron chi connectivity index (χ3n) is 8.81. The maximum Gasteiger partial charge on any atom is 0.306 e. The molecule has 5 heteroatoms. The fraction of sp³-hybridized carbons (Fsp3) is 0.184. The van der Waals surface area contributed by atoms with Gasteiger partial charge >= 0.3 is 7.37 Å². The van der Waals surface area contributed by atoms with E-state index in [1.54, 1.807) is 0 Å². The minimum atomic E-state index is -3.39. The molecule has 43 heavy (non-hydrogen) atoms. The van der Waals surface area contributed by atoms with Gasteiger partial charge in [0.2, 0.25) is 5.69 Å². The van der Waals surface area contributed by atoms with E-state index in [1.807, 2.05) is 78.9 Å². The van der Waals surface area contributed by atoms with E-state index in [4.69, 9.17) is 9.26 Å². The normalized spacial score (nSPS) is 17.2. The molecule has 214 valence electrons. The first-order chi connectivity index (χ1) is 20.8. The summed E-state index contributed by atoms with van der Waals surface area (Å²) in [6.45, 7) is 4.58. The molecule has 1 aliphatic carbocycles. The highest BCUT2D eigenvalue weighted by Crippen LogP contribution is 2.48. The third-order valence-corrected chi connectivity index (χ3v) is 11.2. The topological polar surface area (TPSA) is 38.5 Å². The molecule has 4 aromatic carbocycles. The molecule has 0 unspecified atom stereocenters. The van der Waals surface area contributed by atoms with E-state index >= 15 is 0 Å². The highest BCUT2D eigenvalue weighted by Gasteiger charge is 2.42. The van der Waals surface area contributed by atoms with Crippen molar-refractivity contribution < 1.29 is 18.4 Å². The van der Waals surface area contributed by atoms with E-state index in [0.717, 1.165) is 36.3 Å². The van der Waals surface area contributed by atoms with Crippen LogP contribution in [0.3, 0.4) is 0 Å². The Labute approximate surface area is 253 Å². The van der Waals surface area contributed by atoms with E-state index in [9.17, 15) is 4.57 Å². The van der Waals surface area contributed by atoms with Gasteiger partial charge in [-0.25, -0.2) is 0 Å². The number of ether oxygens (including phenoxy) is 1. The molecule has 0 aromatic heterocycles. The zero-order valence-electron chi connectivity index (χ0n) is 24.8. The highest BCUT2D eigenvalue weighted by molar-refractivity contribution is 7.74. The van der Waals surface area contributed by atoms with Gasteiger partial charge in [-0.2, -0.15) is 4.58 Å². The van der Waals surface area contributed by atoms with Gasteiger partial charge in [-0.15, -0.1) is 0 Å². The van der Waals surface area contributed by atoms with E-state index in [2.05, 4.69) is 68.0 Å². The van der Waals surface area contributed by atoms with Gasteiger partial charge in [0.15, 0.2) is 5.71 Å². The second kappa shape index (κ2) is 10.7. The lowest BCUT2D eigenvalue weighted by molar-refractivity contribution is -0.401. The molecule has 2 heterocycles. The maximum absolute atomic E-state index is 14.5. The summed E-state index contributed by atoms with van der Waals surface area (Å²) in [7, 11) is -1.24. The Morgan fingerprint density at radius 3 is 2.21 bits per heavy atom. The van der Waals surface area contributed by atoms with Crippen LogP contribution in [-0.2, 0) is 9.98 Å². The van der Waals surface area contributed by atoms with Crippen LogP contribution in [0.15, 0.2) is 132 Å². The molecular weight excluding hydrogens is 549 g/mol. The molecule has 0 radical (unpaired) electrons. The van der Waals surface area contributed by atoms with Crippen LogP contribution in [0.1, 0.15) is 44.2 Å². The van der Waals surface area contributed by atoms with Crippen LogP contribution in [0, 0.1) is 0 Å². The first-order valence-electron chi connectivity index (χ1n) is 14.9. The molecule has 0 atom stereocenters. The molecular formula is C38H35NO3P+. The predicted molar refractivity (Wildman–Crippen MR) is 176 cm³/mol.